The van der Waals surface area contributed by atoms with Gasteiger partial charge < -0.3 is 33.3 Å². The first-order valence-electron chi connectivity index (χ1n) is 10.4. The standard InChI is InChI=1S/C25H21N3O6/c1-14-11-19(30)23(31)24(34-14)22-21(15-7-8-18(29)20(12-15)32-2)26-25(27-22)17-6-3-9-28(17)13-16-5-4-10-33-16/h3-12,29,31H,13H2,1-2H3,(H,26,27). The molecule has 9 nitrogen and oxygen atoms in total. The predicted octanol–water partition coefficient (Wildman–Crippen LogP) is 4.53. The highest BCUT2D eigenvalue weighted by Crippen LogP contribution is 2.39. The molecule has 1 aromatic carbocycles. The Kier molecular flexibility index (Phi) is 5.21. The number of imidazole rings is 1. The number of aromatic amines is 1. The monoisotopic (exact) mass is 459 g/mol. The van der Waals surface area contributed by atoms with E-state index in [0.717, 1.165) is 11.5 Å². The van der Waals surface area contributed by atoms with E-state index in [4.69, 9.17) is 18.6 Å². The van der Waals surface area contributed by atoms with Gasteiger partial charge in [-0.2, -0.15) is 0 Å². The van der Waals surface area contributed by atoms with Crippen molar-refractivity contribution in [2.75, 3.05) is 7.11 Å². The van der Waals surface area contributed by atoms with Crippen LogP contribution in [0.15, 0.2) is 74.6 Å². The zero-order valence-corrected chi connectivity index (χ0v) is 18.4. The van der Waals surface area contributed by atoms with Gasteiger partial charge in [-0.1, -0.05) is 0 Å². The van der Waals surface area contributed by atoms with E-state index in [0.29, 0.717) is 35.1 Å². The van der Waals surface area contributed by atoms with Gasteiger partial charge in [0.2, 0.25) is 11.2 Å². The molecule has 5 aromatic rings. The number of methoxy groups -OCH3 is 1. The van der Waals surface area contributed by atoms with E-state index in [1.165, 1.54) is 19.2 Å². The molecule has 34 heavy (non-hydrogen) atoms. The van der Waals surface area contributed by atoms with E-state index in [1.807, 2.05) is 35.0 Å². The predicted molar refractivity (Wildman–Crippen MR) is 124 cm³/mol. The van der Waals surface area contributed by atoms with Gasteiger partial charge in [0.1, 0.15) is 22.9 Å². The van der Waals surface area contributed by atoms with E-state index in [1.54, 1.807) is 25.3 Å². The molecule has 3 N–H and O–H groups in total. The van der Waals surface area contributed by atoms with Crippen LogP contribution in [0, 0.1) is 6.92 Å². The Morgan fingerprint density at radius 1 is 1.15 bits per heavy atom. The number of benzene rings is 1. The zero-order valence-electron chi connectivity index (χ0n) is 18.4. The Balaban J connectivity index is 1.71. The number of phenols is 1. The topological polar surface area (TPSA) is 127 Å². The minimum absolute atomic E-state index is 0.0270. The summed E-state index contributed by atoms with van der Waals surface area (Å²) in [5.41, 5.74) is 1.49. The van der Waals surface area contributed by atoms with Crippen molar-refractivity contribution in [3.63, 3.8) is 0 Å². The largest absolute Gasteiger partial charge is 0.504 e. The summed E-state index contributed by atoms with van der Waals surface area (Å²) in [7, 11) is 1.45. The van der Waals surface area contributed by atoms with Crippen LogP contribution in [0.2, 0.25) is 0 Å². The zero-order chi connectivity index (χ0) is 23.8. The smallest absolute Gasteiger partial charge is 0.227 e. The first kappa shape index (κ1) is 21.2. The van der Waals surface area contributed by atoms with Gasteiger partial charge in [-0.3, -0.25) is 4.79 Å². The van der Waals surface area contributed by atoms with Crippen LogP contribution >= 0.6 is 0 Å². The van der Waals surface area contributed by atoms with Crippen molar-refractivity contribution in [3.05, 3.63) is 82.7 Å². The van der Waals surface area contributed by atoms with Gasteiger partial charge in [0, 0.05) is 17.8 Å². The molecule has 0 amide bonds. The van der Waals surface area contributed by atoms with Crippen molar-refractivity contribution >= 4 is 0 Å². The number of aromatic hydroxyl groups is 2. The number of aryl methyl sites for hydroxylation is 1. The first-order valence-corrected chi connectivity index (χ1v) is 10.4. The molecule has 9 heteroatoms. The van der Waals surface area contributed by atoms with Crippen molar-refractivity contribution in [2.45, 2.75) is 13.5 Å². The lowest BCUT2D eigenvalue weighted by Gasteiger charge is -2.08. The molecule has 0 unspecified atom stereocenters. The third kappa shape index (κ3) is 3.73. The third-order valence-corrected chi connectivity index (χ3v) is 5.41. The molecule has 0 fully saturated rings. The van der Waals surface area contributed by atoms with Crippen LogP contribution in [0.3, 0.4) is 0 Å². The quantitative estimate of drug-likeness (QED) is 0.340. The Hall–Kier alpha value is -4.66. The number of furan rings is 1. The minimum atomic E-state index is -0.565. The number of nitrogens with one attached hydrogen (secondary N) is 1. The van der Waals surface area contributed by atoms with Crippen LogP contribution in [-0.2, 0) is 6.54 Å². The summed E-state index contributed by atoms with van der Waals surface area (Å²) in [4.78, 5) is 20.3. The van der Waals surface area contributed by atoms with Gasteiger partial charge >= 0.3 is 0 Å². The number of phenolic OH excluding ortho intramolecular Hbond substituents is 1. The highest BCUT2D eigenvalue weighted by Gasteiger charge is 2.23. The Morgan fingerprint density at radius 3 is 2.76 bits per heavy atom. The number of rotatable bonds is 6. The Bertz CT molecular complexity index is 1520. The molecule has 0 aliphatic heterocycles. The number of H-pyrrole nitrogens is 1. The second kappa shape index (κ2) is 8.36. The fraction of sp³-hybridized carbons (Fsp3) is 0.120. The van der Waals surface area contributed by atoms with Crippen LogP contribution in [0.5, 0.6) is 17.2 Å². The lowest BCUT2D eigenvalue weighted by atomic mass is 10.1. The molecule has 4 heterocycles. The second-order valence-electron chi connectivity index (χ2n) is 7.70. The highest BCUT2D eigenvalue weighted by molar-refractivity contribution is 5.81. The Morgan fingerprint density at radius 2 is 2.00 bits per heavy atom. The summed E-state index contributed by atoms with van der Waals surface area (Å²) >= 11 is 0. The molecule has 0 spiro atoms. The summed E-state index contributed by atoms with van der Waals surface area (Å²) in [5, 5.41) is 20.6. The second-order valence-corrected chi connectivity index (χ2v) is 7.70. The van der Waals surface area contributed by atoms with Crippen LogP contribution in [0.25, 0.3) is 34.2 Å². The molecule has 0 atom stereocenters. The summed E-state index contributed by atoms with van der Waals surface area (Å²) < 4.78 is 18.4. The lowest BCUT2D eigenvalue weighted by Crippen LogP contribution is -2.01. The van der Waals surface area contributed by atoms with Gasteiger partial charge in [-0.15, -0.1) is 0 Å². The van der Waals surface area contributed by atoms with E-state index < -0.39 is 11.2 Å². The molecule has 0 bridgehead atoms. The van der Waals surface area contributed by atoms with Crippen molar-refractivity contribution in [1.82, 2.24) is 14.5 Å². The van der Waals surface area contributed by atoms with Gasteiger partial charge in [-0.25, -0.2) is 4.98 Å². The maximum atomic E-state index is 12.3. The summed E-state index contributed by atoms with van der Waals surface area (Å²) in [6, 6.07) is 13.5. The highest BCUT2D eigenvalue weighted by atomic mass is 16.5. The van der Waals surface area contributed by atoms with Gasteiger partial charge in [0.05, 0.1) is 25.6 Å². The maximum Gasteiger partial charge on any atom is 0.227 e. The molecular weight excluding hydrogens is 438 g/mol. The molecule has 0 saturated carbocycles. The molecule has 0 radical (unpaired) electrons. The van der Waals surface area contributed by atoms with Gasteiger partial charge in [0.25, 0.3) is 0 Å². The molecule has 4 aromatic heterocycles. The fourth-order valence-corrected chi connectivity index (χ4v) is 3.80. The minimum Gasteiger partial charge on any atom is -0.504 e. The molecule has 0 aliphatic rings. The van der Waals surface area contributed by atoms with E-state index in [-0.39, 0.29) is 17.3 Å². The van der Waals surface area contributed by atoms with E-state index >= 15 is 0 Å². The molecule has 5 rings (SSSR count). The van der Waals surface area contributed by atoms with Crippen LogP contribution in [0.4, 0.5) is 0 Å². The van der Waals surface area contributed by atoms with Gasteiger partial charge in [0.15, 0.2) is 23.1 Å². The average molecular weight is 459 g/mol. The van der Waals surface area contributed by atoms with Crippen LogP contribution < -0.4 is 10.2 Å². The first-order chi connectivity index (χ1) is 16.4. The summed E-state index contributed by atoms with van der Waals surface area (Å²) in [6.07, 6.45) is 3.51. The molecule has 0 saturated heterocycles. The van der Waals surface area contributed by atoms with Crippen molar-refractivity contribution < 1.29 is 23.8 Å². The van der Waals surface area contributed by atoms with E-state index in [2.05, 4.69) is 4.98 Å². The number of aromatic nitrogens is 3. The average Bonchev–Trinajstić information content (AvgIpc) is 3.58. The molecule has 0 aliphatic carbocycles. The van der Waals surface area contributed by atoms with Crippen molar-refractivity contribution in [1.29, 1.82) is 0 Å². The number of ether oxygens (including phenoxy) is 1. The van der Waals surface area contributed by atoms with Crippen molar-refractivity contribution in [2.24, 2.45) is 0 Å². The summed E-state index contributed by atoms with van der Waals surface area (Å²) in [5.74, 6) is 1.26. The lowest BCUT2D eigenvalue weighted by molar-refractivity contribution is 0.373. The summed E-state index contributed by atoms with van der Waals surface area (Å²) in [6.45, 7) is 2.11. The SMILES string of the molecule is COc1cc(-c2nc(-c3cccn3Cc3ccco3)[nH]c2-c2oc(C)cc(=O)c2O)ccc1O. The fourth-order valence-electron chi connectivity index (χ4n) is 3.80. The molecule has 172 valence electrons. The number of hydrogen-bond acceptors (Lipinski definition) is 7. The Labute approximate surface area is 193 Å². The normalized spacial score (nSPS) is 11.1. The van der Waals surface area contributed by atoms with Gasteiger partial charge in [-0.05, 0) is 49.4 Å². The van der Waals surface area contributed by atoms with Crippen molar-refractivity contribution in [3.8, 4) is 51.5 Å². The number of nitrogens with zero attached hydrogens (tertiary/aromatic N) is 2. The third-order valence-electron chi connectivity index (χ3n) is 5.41. The number of hydrogen-bond donors (Lipinski definition) is 3. The van der Waals surface area contributed by atoms with Crippen LogP contribution in [0.1, 0.15) is 11.5 Å². The van der Waals surface area contributed by atoms with Crippen LogP contribution in [-0.4, -0.2) is 31.9 Å². The molecular formula is C25H21N3O6. The van der Waals surface area contributed by atoms with E-state index in [9.17, 15) is 15.0 Å². The maximum absolute atomic E-state index is 12.3.